The Morgan fingerprint density at radius 3 is 2.47 bits per heavy atom. The zero-order chi connectivity index (χ0) is 20.8. The molecule has 0 saturated carbocycles. The highest BCUT2D eigenvalue weighted by molar-refractivity contribution is 6.08. The summed E-state index contributed by atoms with van der Waals surface area (Å²) < 4.78 is 10.4. The van der Waals surface area contributed by atoms with Gasteiger partial charge in [-0.2, -0.15) is 0 Å². The lowest BCUT2D eigenvalue weighted by molar-refractivity contribution is 0.0955. The molecule has 0 aliphatic rings. The molecule has 0 atom stereocenters. The number of furan rings is 1. The van der Waals surface area contributed by atoms with E-state index in [2.05, 4.69) is 15.8 Å². The average Bonchev–Trinajstić information content (AvgIpc) is 3.47. The Hall–Kier alpha value is -4.13. The van der Waals surface area contributed by atoms with Crippen LogP contribution in [0.4, 0.5) is 5.69 Å². The van der Waals surface area contributed by atoms with E-state index in [-0.39, 0.29) is 11.6 Å². The molecule has 7 nitrogen and oxygen atoms in total. The Morgan fingerprint density at radius 1 is 0.867 bits per heavy atom. The first-order valence-electron chi connectivity index (χ1n) is 9.44. The molecule has 7 heteroatoms. The van der Waals surface area contributed by atoms with Crippen molar-refractivity contribution in [2.75, 3.05) is 11.9 Å². The number of nitrogens with one attached hydrogen (secondary N) is 2. The molecular weight excluding hydrogens is 382 g/mol. The fraction of sp³-hybridized carbons (Fsp3) is 0.0870. The van der Waals surface area contributed by atoms with Gasteiger partial charge in [0.2, 0.25) is 5.76 Å². The molecule has 2 amide bonds. The molecule has 0 fully saturated rings. The number of para-hydroxylation sites is 1. The van der Waals surface area contributed by atoms with Crippen molar-refractivity contribution in [3.63, 3.8) is 0 Å². The van der Waals surface area contributed by atoms with Crippen molar-refractivity contribution in [3.05, 3.63) is 95.9 Å². The van der Waals surface area contributed by atoms with Crippen molar-refractivity contribution in [1.82, 2.24) is 10.5 Å². The van der Waals surface area contributed by atoms with Crippen LogP contribution in [-0.2, 0) is 6.42 Å². The van der Waals surface area contributed by atoms with Crippen LogP contribution < -0.4 is 10.6 Å². The van der Waals surface area contributed by atoms with Crippen molar-refractivity contribution in [2.24, 2.45) is 0 Å². The van der Waals surface area contributed by atoms with Gasteiger partial charge in [0.25, 0.3) is 11.8 Å². The summed E-state index contributed by atoms with van der Waals surface area (Å²) in [5.74, 6) is 0.0659. The van der Waals surface area contributed by atoms with Gasteiger partial charge in [0.15, 0.2) is 11.5 Å². The lowest BCUT2D eigenvalue weighted by Crippen LogP contribution is -2.27. The second-order valence-electron chi connectivity index (χ2n) is 6.54. The van der Waals surface area contributed by atoms with Crippen molar-refractivity contribution in [2.45, 2.75) is 6.42 Å². The van der Waals surface area contributed by atoms with Crippen LogP contribution in [0.5, 0.6) is 0 Å². The maximum absolute atomic E-state index is 12.6. The largest absolute Gasteiger partial charge is 0.461 e. The third-order valence-electron chi connectivity index (χ3n) is 4.47. The maximum Gasteiger partial charge on any atom is 0.277 e. The van der Waals surface area contributed by atoms with Gasteiger partial charge >= 0.3 is 0 Å². The summed E-state index contributed by atoms with van der Waals surface area (Å²) in [5.41, 5.74) is 1.98. The summed E-state index contributed by atoms with van der Waals surface area (Å²) >= 11 is 0. The topological polar surface area (TPSA) is 97.4 Å². The highest BCUT2D eigenvalue weighted by atomic mass is 16.5. The summed E-state index contributed by atoms with van der Waals surface area (Å²) in [6.07, 6.45) is 2.22. The molecule has 30 heavy (non-hydrogen) atoms. The number of hydrogen-bond donors (Lipinski definition) is 2. The van der Waals surface area contributed by atoms with E-state index in [9.17, 15) is 9.59 Å². The van der Waals surface area contributed by atoms with Gasteiger partial charge in [-0.05, 0) is 36.2 Å². The zero-order valence-corrected chi connectivity index (χ0v) is 16.0. The van der Waals surface area contributed by atoms with Gasteiger partial charge in [0, 0.05) is 12.6 Å². The Bertz CT molecular complexity index is 1130. The van der Waals surface area contributed by atoms with E-state index in [4.69, 9.17) is 8.94 Å². The Labute approximate surface area is 172 Å². The van der Waals surface area contributed by atoms with E-state index in [1.165, 1.54) is 12.3 Å². The molecule has 0 bridgehead atoms. The third-order valence-corrected chi connectivity index (χ3v) is 4.47. The number of rotatable bonds is 7. The number of amides is 2. The molecule has 0 radical (unpaired) electrons. The molecule has 0 saturated heterocycles. The fourth-order valence-corrected chi connectivity index (χ4v) is 2.95. The standard InChI is InChI=1S/C23H19N3O4/c27-22(24-13-12-16-7-2-1-3-8-16)17-9-4-5-10-18(17)25-23(28)19-15-21(30-26-19)20-11-6-14-29-20/h1-11,14-15H,12-13H2,(H,24,27)(H,25,28). The van der Waals surface area contributed by atoms with Gasteiger partial charge in [0.1, 0.15) is 0 Å². The van der Waals surface area contributed by atoms with Gasteiger partial charge in [0.05, 0.1) is 17.5 Å². The molecule has 0 unspecified atom stereocenters. The maximum atomic E-state index is 12.6. The van der Waals surface area contributed by atoms with Crippen LogP contribution in [0.1, 0.15) is 26.4 Å². The third kappa shape index (κ3) is 4.47. The predicted octanol–water partition coefficient (Wildman–Crippen LogP) is 4.16. The minimum Gasteiger partial charge on any atom is -0.461 e. The van der Waals surface area contributed by atoms with Crippen LogP contribution in [0, 0.1) is 0 Å². The van der Waals surface area contributed by atoms with Crippen LogP contribution in [0.25, 0.3) is 11.5 Å². The first-order valence-corrected chi connectivity index (χ1v) is 9.44. The number of carbonyl (C=O) groups excluding carboxylic acids is 2. The van der Waals surface area contributed by atoms with Gasteiger partial charge in [-0.25, -0.2) is 0 Å². The number of benzene rings is 2. The van der Waals surface area contributed by atoms with E-state index in [0.29, 0.717) is 29.3 Å². The number of hydrogen-bond acceptors (Lipinski definition) is 5. The molecular formula is C23H19N3O4. The van der Waals surface area contributed by atoms with Crippen molar-refractivity contribution < 1.29 is 18.5 Å². The second-order valence-corrected chi connectivity index (χ2v) is 6.54. The smallest absolute Gasteiger partial charge is 0.277 e. The van der Waals surface area contributed by atoms with E-state index < -0.39 is 5.91 Å². The van der Waals surface area contributed by atoms with Crippen LogP contribution in [0.3, 0.4) is 0 Å². The second kappa shape index (κ2) is 8.91. The Kier molecular flexibility index (Phi) is 5.70. The molecule has 2 aromatic carbocycles. The minimum atomic E-state index is -0.485. The van der Waals surface area contributed by atoms with E-state index in [0.717, 1.165) is 12.0 Å². The van der Waals surface area contributed by atoms with Crippen LogP contribution >= 0.6 is 0 Å². The monoisotopic (exact) mass is 401 g/mol. The molecule has 0 spiro atoms. The number of aromatic nitrogens is 1. The van der Waals surface area contributed by atoms with E-state index in [1.54, 1.807) is 36.4 Å². The molecule has 0 aliphatic carbocycles. The van der Waals surface area contributed by atoms with Crippen molar-refractivity contribution >= 4 is 17.5 Å². The quantitative estimate of drug-likeness (QED) is 0.485. The van der Waals surface area contributed by atoms with Gasteiger partial charge in [-0.3, -0.25) is 9.59 Å². The number of carbonyl (C=O) groups is 2. The van der Waals surface area contributed by atoms with Gasteiger partial charge in [-0.15, -0.1) is 0 Å². The summed E-state index contributed by atoms with van der Waals surface area (Å²) in [7, 11) is 0. The molecule has 4 rings (SSSR count). The van der Waals surface area contributed by atoms with Gasteiger partial charge in [-0.1, -0.05) is 47.6 Å². The predicted molar refractivity (Wildman–Crippen MR) is 111 cm³/mol. The number of anilines is 1. The van der Waals surface area contributed by atoms with Gasteiger partial charge < -0.3 is 19.6 Å². The summed E-state index contributed by atoms with van der Waals surface area (Å²) in [6.45, 7) is 0.487. The highest BCUT2D eigenvalue weighted by Crippen LogP contribution is 2.22. The first-order chi connectivity index (χ1) is 14.7. The molecule has 2 heterocycles. The number of nitrogens with zero attached hydrogens (tertiary/aromatic N) is 1. The summed E-state index contributed by atoms with van der Waals surface area (Å²) in [4.78, 5) is 25.2. The van der Waals surface area contributed by atoms with Crippen LogP contribution in [-0.4, -0.2) is 23.5 Å². The normalized spacial score (nSPS) is 10.5. The average molecular weight is 401 g/mol. The lowest BCUT2D eigenvalue weighted by atomic mass is 10.1. The van der Waals surface area contributed by atoms with E-state index >= 15 is 0 Å². The van der Waals surface area contributed by atoms with Crippen molar-refractivity contribution in [1.29, 1.82) is 0 Å². The molecule has 4 aromatic rings. The minimum absolute atomic E-state index is 0.0840. The zero-order valence-electron chi connectivity index (χ0n) is 16.0. The summed E-state index contributed by atoms with van der Waals surface area (Å²) in [6, 6.07) is 21.6. The Balaban J connectivity index is 1.41. The Morgan fingerprint density at radius 2 is 1.67 bits per heavy atom. The molecule has 0 aliphatic heterocycles. The molecule has 2 aromatic heterocycles. The van der Waals surface area contributed by atoms with Crippen molar-refractivity contribution in [3.8, 4) is 11.5 Å². The fourth-order valence-electron chi connectivity index (χ4n) is 2.95. The lowest BCUT2D eigenvalue weighted by Gasteiger charge is -2.10. The first kappa shape index (κ1) is 19.2. The molecule has 150 valence electrons. The van der Waals surface area contributed by atoms with Crippen LogP contribution in [0.15, 0.2) is 88.0 Å². The van der Waals surface area contributed by atoms with Crippen LogP contribution in [0.2, 0.25) is 0 Å². The van der Waals surface area contributed by atoms with E-state index in [1.807, 2.05) is 30.3 Å². The summed E-state index contributed by atoms with van der Waals surface area (Å²) in [5, 5.41) is 9.39. The molecule has 2 N–H and O–H groups in total. The SMILES string of the molecule is O=C(Nc1ccccc1C(=O)NCCc1ccccc1)c1cc(-c2ccco2)on1. The highest BCUT2D eigenvalue weighted by Gasteiger charge is 2.18.